The zero-order chi connectivity index (χ0) is 18.6. The van der Waals surface area contributed by atoms with E-state index in [1.807, 2.05) is 43.6 Å². The molecular formula is C21H24N4O2. The SMILES string of the molecule is CCn1ccc(C(=O)NC2CCC(Oc3cccc4cnccc34)CC2)n1. The lowest BCUT2D eigenvalue weighted by Gasteiger charge is -2.29. The first-order chi connectivity index (χ1) is 13.2. The second-order valence-electron chi connectivity index (χ2n) is 6.97. The van der Waals surface area contributed by atoms with Gasteiger partial charge in [0.1, 0.15) is 11.4 Å². The number of nitrogens with zero attached hydrogens (tertiary/aromatic N) is 3. The molecule has 1 N–H and O–H groups in total. The molecule has 27 heavy (non-hydrogen) atoms. The molecule has 6 nitrogen and oxygen atoms in total. The number of amides is 1. The molecule has 1 aliphatic rings. The maximum atomic E-state index is 12.3. The predicted molar refractivity (Wildman–Crippen MR) is 104 cm³/mol. The van der Waals surface area contributed by atoms with E-state index in [0.29, 0.717) is 5.69 Å². The van der Waals surface area contributed by atoms with Gasteiger partial charge in [-0.15, -0.1) is 0 Å². The summed E-state index contributed by atoms with van der Waals surface area (Å²) in [6, 6.07) is 10.00. The summed E-state index contributed by atoms with van der Waals surface area (Å²) in [5, 5.41) is 9.55. The van der Waals surface area contributed by atoms with E-state index in [-0.39, 0.29) is 18.1 Å². The highest BCUT2D eigenvalue weighted by atomic mass is 16.5. The van der Waals surface area contributed by atoms with Crippen LogP contribution in [0.2, 0.25) is 0 Å². The van der Waals surface area contributed by atoms with Gasteiger partial charge in [0.25, 0.3) is 5.91 Å². The van der Waals surface area contributed by atoms with E-state index in [1.165, 1.54) is 0 Å². The minimum Gasteiger partial charge on any atom is -0.490 e. The third-order valence-electron chi connectivity index (χ3n) is 5.14. The molecule has 1 aromatic carbocycles. The third-order valence-corrected chi connectivity index (χ3v) is 5.14. The topological polar surface area (TPSA) is 69.0 Å². The molecule has 4 rings (SSSR count). The number of aryl methyl sites for hydroxylation is 1. The number of ether oxygens (including phenoxy) is 1. The largest absolute Gasteiger partial charge is 0.490 e. The van der Waals surface area contributed by atoms with Crippen molar-refractivity contribution >= 4 is 16.7 Å². The van der Waals surface area contributed by atoms with E-state index in [1.54, 1.807) is 16.9 Å². The molecule has 6 heteroatoms. The van der Waals surface area contributed by atoms with Crippen molar-refractivity contribution in [2.24, 2.45) is 0 Å². The van der Waals surface area contributed by atoms with E-state index in [4.69, 9.17) is 4.74 Å². The fourth-order valence-corrected chi connectivity index (χ4v) is 3.62. The Bertz CT molecular complexity index is 923. The Morgan fingerprint density at radius 2 is 2.07 bits per heavy atom. The lowest BCUT2D eigenvalue weighted by molar-refractivity contribution is 0.0889. The van der Waals surface area contributed by atoms with Crippen molar-refractivity contribution < 1.29 is 9.53 Å². The summed E-state index contributed by atoms with van der Waals surface area (Å²) in [6.07, 6.45) is 9.34. The van der Waals surface area contributed by atoms with Crippen LogP contribution in [-0.4, -0.2) is 32.8 Å². The smallest absolute Gasteiger partial charge is 0.271 e. The number of nitrogens with one attached hydrogen (secondary N) is 1. The van der Waals surface area contributed by atoms with Crippen molar-refractivity contribution in [3.8, 4) is 5.75 Å². The first-order valence-electron chi connectivity index (χ1n) is 9.56. The molecule has 140 valence electrons. The van der Waals surface area contributed by atoms with E-state index in [2.05, 4.69) is 15.4 Å². The maximum Gasteiger partial charge on any atom is 0.271 e. The average Bonchev–Trinajstić information content (AvgIpc) is 3.19. The molecule has 0 spiro atoms. The lowest BCUT2D eigenvalue weighted by atomic mass is 9.92. The first kappa shape index (κ1) is 17.5. The van der Waals surface area contributed by atoms with Crippen LogP contribution in [0.1, 0.15) is 43.1 Å². The van der Waals surface area contributed by atoms with Crippen LogP contribution in [-0.2, 0) is 6.54 Å². The van der Waals surface area contributed by atoms with Gasteiger partial charge in [-0.3, -0.25) is 14.5 Å². The molecular weight excluding hydrogens is 340 g/mol. The van der Waals surface area contributed by atoms with Gasteiger partial charge >= 0.3 is 0 Å². The number of aromatic nitrogens is 3. The van der Waals surface area contributed by atoms with Gasteiger partial charge in [-0.25, -0.2) is 0 Å². The van der Waals surface area contributed by atoms with E-state index in [9.17, 15) is 4.79 Å². The molecule has 1 fully saturated rings. The quantitative estimate of drug-likeness (QED) is 0.751. The van der Waals surface area contributed by atoms with Crippen LogP contribution in [0.25, 0.3) is 10.8 Å². The van der Waals surface area contributed by atoms with Crippen molar-refractivity contribution in [3.63, 3.8) is 0 Å². The van der Waals surface area contributed by atoms with Crippen LogP contribution in [0.15, 0.2) is 48.9 Å². The molecule has 1 saturated carbocycles. The molecule has 2 aromatic heterocycles. The Balaban J connectivity index is 1.33. The minimum absolute atomic E-state index is 0.0897. The van der Waals surface area contributed by atoms with Crippen LogP contribution >= 0.6 is 0 Å². The highest BCUT2D eigenvalue weighted by Crippen LogP contribution is 2.29. The lowest BCUT2D eigenvalue weighted by Crippen LogP contribution is -2.39. The average molecular weight is 364 g/mol. The molecule has 0 bridgehead atoms. The number of carbonyl (C=O) groups is 1. The monoisotopic (exact) mass is 364 g/mol. The minimum atomic E-state index is -0.0897. The van der Waals surface area contributed by atoms with Crippen LogP contribution in [0.3, 0.4) is 0 Å². The number of carbonyl (C=O) groups excluding carboxylic acids is 1. The second-order valence-corrected chi connectivity index (χ2v) is 6.97. The maximum absolute atomic E-state index is 12.3. The third kappa shape index (κ3) is 3.94. The van der Waals surface area contributed by atoms with Crippen molar-refractivity contribution in [3.05, 3.63) is 54.6 Å². The van der Waals surface area contributed by atoms with Gasteiger partial charge in [-0.1, -0.05) is 12.1 Å². The molecule has 0 unspecified atom stereocenters. The Labute approximate surface area is 158 Å². The van der Waals surface area contributed by atoms with E-state index < -0.39 is 0 Å². The van der Waals surface area contributed by atoms with Gasteiger partial charge in [0.05, 0.1) is 6.10 Å². The molecule has 3 aromatic rings. The highest BCUT2D eigenvalue weighted by molar-refractivity contribution is 5.92. The fourth-order valence-electron chi connectivity index (χ4n) is 3.62. The Hall–Kier alpha value is -2.89. The Morgan fingerprint density at radius 1 is 1.22 bits per heavy atom. The van der Waals surface area contributed by atoms with Crippen LogP contribution in [0.4, 0.5) is 0 Å². The van der Waals surface area contributed by atoms with Crippen molar-refractivity contribution in [1.82, 2.24) is 20.1 Å². The number of benzene rings is 1. The summed E-state index contributed by atoms with van der Waals surface area (Å²) in [6.45, 7) is 2.77. The van der Waals surface area contributed by atoms with Crippen molar-refractivity contribution in [1.29, 1.82) is 0 Å². The number of fused-ring (bicyclic) bond motifs is 1. The summed E-state index contributed by atoms with van der Waals surface area (Å²) in [4.78, 5) is 16.5. The van der Waals surface area contributed by atoms with Gasteiger partial charge < -0.3 is 10.1 Å². The summed E-state index contributed by atoms with van der Waals surface area (Å²) in [5.74, 6) is 0.820. The first-order valence-corrected chi connectivity index (χ1v) is 9.56. The molecule has 0 saturated heterocycles. The molecule has 0 aliphatic heterocycles. The zero-order valence-corrected chi connectivity index (χ0v) is 15.5. The summed E-state index contributed by atoms with van der Waals surface area (Å²) in [7, 11) is 0. The molecule has 0 atom stereocenters. The van der Waals surface area contributed by atoms with Crippen LogP contribution < -0.4 is 10.1 Å². The summed E-state index contributed by atoms with van der Waals surface area (Å²) >= 11 is 0. The standard InChI is InChI=1S/C21H24N4O2/c1-2-25-13-11-19(24-25)21(26)23-16-6-8-17(9-7-16)27-20-5-3-4-15-14-22-12-10-18(15)20/h3-5,10-14,16-17H,2,6-9H2,1H3,(H,23,26). The number of hydrogen-bond donors (Lipinski definition) is 1. The predicted octanol–water partition coefficient (Wildman–Crippen LogP) is 3.57. The molecule has 0 radical (unpaired) electrons. The summed E-state index contributed by atoms with van der Waals surface area (Å²) < 4.78 is 8.03. The number of hydrogen-bond acceptors (Lipinski definition) is 4. The van der Waals surface area contributed by atoms with Crippen LogP contribution in [0.5, 0.6) is 5.75 Å². The fraction of sp³-hybridized carbons (Fsp3) is 0.381. The van der Waals surface area contributed by atoms with Gasteiger partial charge in [0.2, 0.25) is 0 Å². The van der Waals surface area contributed by atoms with E-state index >= 15 is 0 Å². The Morgan fingerprint density at radius 3 is 2.85 bits per heavy atom. The van der Waals surface area contributed by atoms with Crippen molar-refractivity contribution in [2.45, 2.75) is 51.3 Å². The zero-order valence-electron chi connectivity index (χ0n) is 15.5. The van der Waals surface area contributed by atoms with Crippen molar-refractivity contribution in [2.75, 3.05) is 0 Å². The highest BCUT2D eigenvalue weighted by Gasteiger charge is 2.25. The number of rotatable bonds is 5. The Kier molecular flexibility index (Phi) is 5.05. The van der Waals surface area contributed by atoms with Crippen LogP contribution in [0, 0.1) is 0 Å². The van der Waals surface area contributed by atoms with Gasteiger partial charge in [0, 0.05) is 41.9 Å². The molecule has 1 aliphatic carbocycles. The molecule has 1 amide bonds. The van der Waals surface area contributed by atoms with Gasteiger partial charge in [-0.2, -0.15) is 5.10 Å². The second kappa shape index (κ2) is 7.78. The van der Waals surface area contributed by atoms with Gasteiger partial charge in [0.15, 0.2) is 0 Å². The van der Waals surface area contributed by atoms with Gasteiger partial charge in [-0.05, 0) is 50.8 Å². The molecule has 2 heterocycles. The summed E-state index contributed by atoms with van der Waals surface area (Å²) in [5.41, 5.74) is 0.486. The normalized spacial score (nSPS) is 19.7. The van der Waals surface area contributed by atoms with E-state index in [0.717, 1.165) is 48.8 Å². The number of pyridine rings is 1.